The molecule has 0 saturated heterocycles. The quantitative estimate of drug-likeness (QED) is 0.490. The first-order chi connectivity index (χ1) is 14.2. The van der Waals surface area contributed by atoms with Gasteiger partial charge in [0.15, 0.2) is 0 Å². The molecular formula is C22H30N4O3S. The average Bonchev–Trinajstić information content (AvgIpc) is 2.69. The second-order valence-corrected chi connectivity index (χ2v) is 9.02. The summed E-state index contributed by atoms with van der Waals surface area (Å²) >= 11 is 0. The molecule has 2 aromatic rings. The minimum Gasteiger partial charge on any atom is -0.372 e. The van der Waals surface area contributed by atoms with E-state index in [1.54, 1.807) is 6.07 Å². The van der Waals surface area contributed by atoms with Crippen LogP contribution in [0.25, 0.3) is 0 Å². The van der Waals surface area contributed by atoms with E-state index in [0.717, 1.165) is 46.0 Å². The van der Waals surface area contributed by atoms with E-state index in [2.05, 4.69) is 29.3 Å². The summed E-state index contributed by atoms with van der Waals surface area (Å²) in [4.78, 5) is 14.6. The fourth-order valence-corrected chi connectivity index (χ4v) is 3.98. The summed E-state index contributed by atoms with van der Waals surface area (Å²) in [5.41, 5.74) is 6.54. The minimum atomic E-state index is -3.63. The van der Waals surface area contributed by atoms with E-state index in [1.165, 1.54) is 6.21 Å². The van der Waals surface area contributed by atoms with Crippen LogP contribution in [0.4, 0.5) is 11.4 Å². The van der Waals surface area contributed by atoms with Crippen molar-refractivity contribution in [2.75, 3.05) is 35.1 Å². The smallest absolute Gasteiger partial charge is 0.260 e. The lowest BCUT2D eigenvalue weighted by Crippen LogP contribution is -2.39. The summed E-state index contributed by atoms with van der Waals surface area (Å²) in [7, 11) is -3.63. The van der Waals surface area contributed by atoms with Crippen molar-refractivity contribution in [1.82, 2.24) is 5.43 Å². The van der Waals surface area contributed by atoms with Gasteiger partial charge >= 0.3 is 0 Å². The highest BCUT2D eigenvalue weighted by Gasteiger charge is 2.22. The van der Waals surface area contributed by atoms with Crippen LogP contribution in [0.2, 0.25) is 0 Å². The molecule has 1 amide bonds. The predicted molar refractivity (Wildman–Crippen MR) is 124 cm³/mol. The summed E-state index contributed by atoms with van der Waals surface area (Å²) < 4.78 is 25.6. The third-order valence-electron chi connectivity index (χ3n) is 4.75. The van der Waals surface area contributed by atoms with Crippen molar-refractivity contribution in [3.63, 3.8) is 0 Å². The Hall–Kier alpha value is -2.87. The van der Waals surface area contributed by atoms with Gasteiger partial charge in [-0.15, -0.1) is 0 Å². The summed E-state index contributed by atoms with van der Waals surface area (Å²) in [6, 6.07) is 13.3. The van der Waals surface area contributed by atoms with Gasteiger partial charge in [-0.05, 0) is 62.6 Å². The van der Waals surface area contributed by atoms with Crippen LogP contribution in [0.3, 0.4) is 0 Å². The lowest BCUT2D eigenvalue weighted by molar-refractivity contribution is -0.119. The molecule has 7 nitrogen and oxygen atoms in total. The van der Waals surface area contributed by atoms with Crippen molar-refractivity contribution in [3.05, 3.63) is 59.2 Å². The van der Waals surface area contributed by atoms with Crippen LogP contribution in [0, 0.1) is 13.8 Å². The largest absolute Gasteiger partial charge is 0.372 e. The molecule has 1 N–H and O–H groups in total. The van der Waals surface area contributed by atoms with E-state index in [4.69, 9.17) is 0 Å². The SMILES string of the molecule is CCN(CC)c1ccc(/C=N\NC(=O)CN(c2cc(C)ccc2C)S(C)(=O)=O)cc1. The van der Waals surface area contributed by atoms with Crippen molar-refractivity contribution in [2.45, 2.75) is 27.7 Å². The molecule has 0 aliphatic carbocycles. The molecule has 30 heavy (non-hydrogen) atoms. The molecule has 0 spiro atoms. The molecule has 0 bridgehead atoms. The van der Waals surface area contributed by atoms with Crippen molar-refractivity contribution in [2.24, 2.45) is 5.10 Å². The topological polar surface area (TPSA) is 82.1 Å². The Bertz CT molecular complexity index is 998. The predicted octanol–water partition coefficient (Wildman–Crippen LogP) is 3.07. The standard InChI is InChI=1S/C22H30N4O3S/c1-6-25(7-2)20-12-10-19(11-13-20)15-23-24-22(27)16-26(30(5,28)29)21-14-17(3)8-9-18(21)4/h8-15H,6-7,16H2,1-5H3,(H,24,27)/b23-15-. The van der Waals surface area contributed by atoms with Gasteiger partial charge in [-0.25, -0.2) is 13.8 Å². The Morgan fingerprint density at radius 3 is 2.27 bits per heavy atom. The number of amides is 1. The monoisotopic (exact) mass is 430 g/mol. The van der Waals surface area contributed by atoms with E-state index in [9.17, 15) is 13.2 Å². The van der Waals surface area contributed by atoms with Crippen LogP contribution < -0.4 is 14.6 Å². The molecule has 0 unspecified atom stereocenters. The summed E-state index contributed by atoms with van der Waals surface area (Å²) in [6.45, 7) is 9.40. The maximum Gasteiger partial charge on any atom is 0.260 e. The number of aryl methyl sites for hydroxylation is 2. The Balaban J connectivity index is 2.06. The molecule has 0 aliphatic heterocycles. The normalized spacial score (nSPS) is 11.5. The van der Waals surface area contributed by atoms with Gasteiger partial charge in [0, 0.05) is 18.8 Å². The number of nitrogens with zero attached hydrogens (tertiary/aromatic N) is 3. The molecule has 0 saturated carbocycles. The first kappa shape index (κ1) is 23.4. The summed E-state index contributed by atoms with van der Waals surface area (Å²) in [6.07, 6.45) is 2.62. The third-order valence-corrected chi connectivity index (χ3v) is 5.87. The average molecular weight is 431 g/mol. The Morgan fingerprint density at radius 1 is 1.07 bits per heavy atom. The highest BCUT2D eigenvalue weighted by Crippen LogP contribution is 2.23. The molecule has 0 aliphatic rings. The second kappa shape index (κ2) is 10.2. The zero-order valence-electron chi connectivity index (χ0n) is 18.2. The fourth-order valence-electron chi connectivity index (χ4n) is 3.07. The number of hydrogen-bond donors (Lipinski definition) is 1. The van der Waals surface area contributed by atoms with E-state index in [-0.39, 0.29) is 6.54 Å². The van der Waals surface area contributed by atoms with Crippen LogP contribution >= 0.6 is 0 Å². The van der Waals surface area contributed by atoms with Crippen molar-refractivity contribution >= 4 is 33.5 Å². The highest BCUT2D eigenvalue weighted by atomic mass is 32.2. The number of carbonyl (C=O) groups is 1. The van der Waals surface area contributed by atoms with Crippen LogP contribution in [0.15, 0.2) is 47.6 Å². The minimum absolute atomic E-state index is 0.346. The molecular weight excluding hydrogens is 400 g/mol. The van der Waals surface area contributed by atoms with E-state index >= 15 is 0 Å². The lowest BCUT2D eigenvalue weighted by atomic mass is 10.1. The highest BCUT2D eigenvalue weighted by molar-refractivity contribution is 7.92. The van der Waals surface area contributed by atoms with E-state index in [0.29, 0.717) is 5.69 Å². The zero-order valence-corrected chi connectivity index (χ0v) is 19.0. The van der Waals surface area contributed by atoms with Gasteiger partial charge in [0.25, 0.3) is 5.91 Å². The second-order valence-electron chi connectivity index (χ2n) is 7.12. The lowest BCUT2D eigenvalue weighted by Gasteiger charge is -2.23. The number of benzene rings is 2. The van der Waals surface area contributed by atoms with Gasteiger partial charge in [0.1, 0.15) is 6.54 Å². The van der Waals surface area contributed by atoms with E-state index in [1.807, 2.05) is 50.2 Å². The third kappa shape index (κ3) is 6.32. The van der Waals surface area contributed by atoms with Crippen LogP contribution in [-0.4, -0.2) is 46.4 Å². The Morgan fingerprint density at radius 2 is 1.70 bits per heavy atom. The zero-order chi connectivity index (χ0) is 22.3. The van der Waals surface area contributed by atoms with Crippen molar-refractivity contribution < 1.29 is 13.2 Å². The van der Waals surface area contributed by atoms with Crippen LogP contribution in [0.5, 0.6) is 0 Å². The fraction of sp³-hybridized carbons (Fsp3) is 0.364. The summed E-state index contributed by atoms with van der Waals surface area (Å²) in [5.74, 6) is -0.516. The number of carbonyl (C=O) groups excluding carboxylic acids is 1. The number of rotatable bonds is 9. The number of hydrogen-bond acceptors (Lipinski definition) is 5. The first-order valence-electron chi connectivity index (χ1n) is 9.87. The molecule has 0 radical (unpaired) electrons. The molecule has 2 rings (SSSR count). The Labute approximate surface area is 179 Å². The van der Waals surface area contributed by atoms with Crippen LogP contribution in [-0.2, 0) is 14.8 Å². The molecule has 8 heteroatoms. The van der Waals surface area contributed by atoms with Gasteiger partial charge < -0.3 is 4.90 Å². The van der Waals surface area contributed by atoms with Gasteiger partial charge in [0.05, 0.1) is 18.2 Å². The van der Waals surface area contributed by atoms with Gasteiger partial charge in [-0.1, -0.05) is 24.3 Å². The summed E-state index contributed by atoms with van der Waals surface area (Å²) in [5, 5.41) is 3.97. The first-order valence-corrected chi connectivity index (χ1v) is 11.7. The number of nitrogens with one attached hydrogen (secondary N) is 1. The molecule has 0 atom stereocenters. The Kier molecular flexibility index (Phi) is 8.00. The van der Waals surface area contributed by atoms with Crippen LogP contribution in [0.1, 0.15) is 30.5 Å². The maximum atomic E-state index is 12.3. The van der Waals surface area contributed by atoms with Gasteiger partial charge in [-0.3, -0.25) is 9.10 Å². The van der Waals surface area contributed by atoms with Gasteiger partial charge in [-0.2, -0.15) is 5.10 Å². The van der Waals surface area contributed by atoms with Crippen molar-refractivity contribution in [3.8, 4) is 0 Å². The molecule has 0 fully saturated rings. The molecule has 0 aromatic heterocycles. The van der Waals surface area contributed by atoms with Crippen molar-refractivity contribution in [1.29, 1.82) is 0 Å². The number of sulfonamides is 1. The molecule has 2 aromatic carbocycles. The molecule has 0 heterocycles. The molecule has 162 valence electrons. The number of anilines is 2. The maximum absolute atomic E-state index is 12.3. The number of hydrazone groups is 1. The van der Waals surface area contributed by atoms with E-state index < -0.39 is 15.9 Å². The van der Waals surface area contributed by atoms with Gasteiger partial charge in [0.2, 0.25) is 10.0 Å².